The van der Waals surface area contributed by atoms with E-state index in [2.05, 4.69) is 21.2 Å². The van der Waals surface area contributed by atoms with E-state index < -0.39 is 6.04 Å². The lowest BCUT2D eigenvalue weighted by Crippen LogP contribution is -2.49. The smallest absolute Gasteiger partial charge is 0.261 e. The van der Waals surface area contributed by atoms with Crippen molar-refractivity contribution in [3.05, 3.63) is 63.1 Å². The van der Waals surface area contributed by atoms with Gasteiger partial charge in [-0.15, -0.1) is 0 Å². The maximum atomic E-state index is 13.1. The Morgan fingerprint density at radius 1 is 1.17 bits per heavy atom. The minimum absolute atomic E-state index is 0.182. The van der Waals surface area contributed by atoms with Crippen molar-refractivity contribution in [1.29, 1.82) is 0 Å². The summed E-state index contributed by atoms with van der Waals surface area (Å²) in [5.74, 6) is 0.387. The van der Waals surface area contributed by atoms with Crippen LogP contribution in [0.1, 0.15) is 31.9 Å². The highest BCUT2D eigenvalue weighted by Gasteiger charge is 2.27. The SMILES string of the molecule is Cc1ccccc1CN(C(=O)COc1ccc(Cl)cc1Br)C(C)C(=O)NCC(C)C. The summed E-state index contributed by atoms with van der Waals surface area (Å²) < 4.78 is 6.37. The number of benzene rings is 2. The minimum Gasteiger partial charge on any atom is -0.483 e. The third-order valence-electron chi connectivity index (χ3n) is 4.70. The van der Waals surface area contributed by atoms with E-state index in [4.69, 9.17) is 16.3 Å². The number of amides is 2. The molecule has 0 saturated heterocycles. The zero-order valence-electron chi connectivity index (χ0n) is 17.7. The Kier molecular flexibility index (Phi) is 9.18. The maximum Gasteiger partial charge on any atom is 0.261 e. The molecule has 0 saturated carbocycles. The van der Waals surface area contributed by atoms with Crippen molar-refractivity contribution in [3.8, 4) is 5.75 Å². The lowest BCUT2D eigenvalue weighted by atomic mass is 10.1. The van der Waals surface area contributed by atoms with Crippen LogP contribution in [0.3, 0.4) is 0 Å². The molecule has 0 radical (unpaired) electrons. The van der Waals surface area contributed by atoms with Crippen LogP contribution in [0.25, 0.3) is 0 Å². The molecule has 0 aromatic heterocycles. The lowest BCUT2D eigenvalue weighted by molar-refractivity contribution is -0.142. The average Bonchev–Trinajstić information content (AvgIpc) is 2.70. The van der Waals surface area contributed by atoms with Crippen LogP contribution >= 0.6 is 27.5 Å². The molecule has 162 valence electrons. The van der Waals surface area contributed by atoms with Gasteiger partial charge in [0, 0.05) is 18.1 Å². The summed E-state index contributed by atoms with van der Waals surface area (Å²) in [5.41, 5.74) is 2.05. The van der Waals surface area contributed by atoms with Crippen LogP contribution in [0.5, 0.6) is 5.75 Å². The molecule has 0 bridgehead atoms. The summed E-state index contributed by atoms with van der Waals surface area (Å²) in [7, 11) is 0. The van der Waals surface area contributed by atoms with Crippen LogP contribution in [-0.2, 0) is 16.1 Å². The van der Waals surface area contributed by atoms with E-state index in [-0.39, 0.29) is 18.4 Å². The summed E-state index contributed by atoms with van der Waals surface area (Å²) in [6.07, 6.45) is 0. The number of hydrogen-bond acceptors (Lipinski definition) is 3. The molecule has 0 aliphatic heterocycles. The molecule has 2 aromatic carbocycles. The van der Waals surface area contributed by atoms with Gasteiger partial charge < -0.3 is 15.0 Å². The number of rotatable bonds is 9. The molecular weight excluding hydrogens is 468 g/mol. The normalized spacial score (nSPS) is 11.8. The molecule has 7 heteroatoms. The number of carbonyl (C=O) groups excluding carboxylic acids is 2. The molecule has 1 atom stereocenters. The highest BCUT2D eigenvalue weighted by atomic mass is 79.9. The summed E-state index contributed by atoms with van der Waals surface area (Å²) in [6, 6.07) is 12.3. The summed E-state index contributed by atoms with van der Waals surface area (Å²) in [6.45, 7) is 8.48. The van der Waals surface area contributed by atoms with Crippen molar-refractivity contribution in [1.82, 2.24) is 10.2 Å². The van der Waals surface area contributed by atoms with E-state index in [0.29, 0.717) is 34.3 Å². The fourth-order valence-electron chi connectivity index (χ4n) is 2.82. The molecule has 0 heterocycles. The number of aryl methyl sites for hydroxylation is 1. The maximum absolute atomic E-state index is 13.1. The van der Waals surface area contributed by atoms with Gasteiger partial charge in [-0.25, -0.2) is 0 Å². The van der Waals surface area contributed by atoms with Crippen molar-refractivity contribution in [3.63, 3.8) is 0 Å². The second kappa shape index (κ2) is 11.4. The monoisotopic (exact) mass is 494 g/mol. The minimum atomic E-state index is -0.631. The molecule has 0 aliphatic carbocycles. The fourth-order valence-corrected chi connectivity index (χ4v) is 3.62. The van der Waals surface area contributed by atoms with Gasteiger partial charge in [0.15, 0.2) is 6.61 Å². The summed E-state index contributed by atoms with van der Waals surface area (Å²) in [4.78, 5) is 27.3. The standard InChI is InChI=1S/C23H28BrClN2O3/c1-15(2)12-26-23(29)17(4)27(13-18-8-6-5-7-16(18)3)22(28)14-30-21-10-9-19(25)11-20(21)24/h5-11,15,17H,12-14H2,1-4H3,(H,26,29). The van der Waals surface area contributed by atoms with E-state index in [1.807, 2.05) is 45.0 Å². The number of nitrogens with zero attached hydrogens (tertiary/aromatic N) is 1. The van der Waals surface area contributed by atoms with Gasteiger partial charge in [0.05, 0.1) is 4.47 Å². The highest BCUT2D eigenvalue weighted by Crippen LogP contribution is 2.28. The molecule has 2 amide bonds. The molecule has 0 spiro atoms. The molecule has 2 rings (SSSR count). The first kappa shape index (κ1) is 24.2. The van der Waals surface area contributed by atoms with Crippen LogP contribution in [0, 0.1) is 12.8 Å². The van der Waals surface area contributed by atoms with E-state index >= 15 is 0 Å². The molecule has 1 unspecified atom stereocenters. The Bertz CT molecular complexity index is 889. The van der Waals surface area contributed by atoms with Gasteiger partial charge in [-0.2, -0.15) is 0 Å². The van der Waals surface area contributed by atoms with Crippen LogP contribution in [0.2, 0.25) is 5.02 Å². The van der Waals surface area contributed by atoms with Crippen LogP contribution < -0.4 is 10.1 Å². The zero-order chi connectivity index (χ0) is 22.3. The van der Waals surface area contributed by atoms with Gasteiger partial charge in [-0.3, -0.25) is 9.59 Å². The first-order valence-electron chi connectivity index (χ1n) is 9.88. The number of hydrogen-bond donors (Lipinski definition) is 1. The fraction of sp³-hybridized carbons (Fsp3) is 0.391. The Hall–Kier alpha value is -2.05. The molecule has 5 nitrogen and oxygen atoms in total. The predicted octanol–water partition coefficient (Wildman–Crippen LogP) is 4.98. The second-order valence-electron chi connectivity index (χ2n) is 7.63. The lowest BCUT2D eigenvalue weighted by Gasteiger charge is -2.29. The highest BCUT2D eigenvalue weighted by molar-refractivity contribution is 9.10. The van der Waals surface area contributed by atoms with Gasteiger partial charge in [0.2, 0.25) is 5.91 Å². The summed E-state index contributed by atoms with van der Waals surface area (Å²) in [5, 5.41) is 3.48. The van der Waals surface area contributed by atoms with E-state index in [0.717, 1.165) is 11.1 Å². The molecule has 2 aromatic rings. The third-order valence-corrected chi connectivity index (χ3v) is 5.55. The first-order valence-corrected chi connectivity index (χ1v) is 11.1. The average molecular weight is 496 g/mol. The molecule has 1 N–H and O–H groups in total. The second-order valence-corrected chi connectivity index (χ2v) is 8.92. The van der Waals surface area contributed by atoms with Crippen molar-refractivity contribution < 1.29 is 14.3 Å². The predicted molar refractivity (Wildman–Crippen MR) is 124 cm³/mol. The summed E-state index contributed by atoms with van der Waals surface area (Å²) >= 11 is 9.34. The Labute approximate surface area is 191 Å². The molecular formula is C23H28BrClN2O3. The largest absolute Gasteiger partial charge is 0.483 e. The number of carbonyl (C=O) groups is 2. The topological polar surface area (TPSA) is 58.6 Å². The van der Waals surface area contributed by atoms with Crippen molar-refractivity contribution >= 4 is 39.3 Å². The number of halogens is 2. The van der Waals surface area contributed by atoms with Gasteiger partial charge in [-0.05, 0) is 65.0 Å². The van der Waals surface area contributed by atoms with E-state index in [1.165, 1.54) is 0 Å². The van der Waals surface area contributed by atoms with Crippen molar-refractivity contribution in [2.24, 2.45) is 5.92 Å². The quantitative estimate of drug-likeness (QED) is 0.534. The van der Waals surface area contributed by atoms with E-state index in [9.17, 15) is 9.59 Å². The van der Waals surface area contributed by atoms with Gasteiger partial charge in [0.25, 0.3) is 5.91 Å². The Morgan fingerprint density at radius 2 is 1.87 bits per heavy atom. The van der Waals surface area contributed by atoms with Crippen LogP contribution in [0.4, 0.5) is 0 Å². The van der Waals surface area contributed by atoms with Crippen LogP contribution in [-0.4, -0.2) is 35.9 Å². The number of ether oxygens (including phenoxy) is 1. The third kappa shape index (κ3) is 7.03. The van der Waals surface area contributed by atoms with Crippen LogP contribution in [0.15, 0.2) is 46.9 Å². The van der Waals surface area contributed by atoms with E-state index in [1.54, 1.807) is 30.0 Å². The van der Waals surface area contributed by atoms with Crippen molar-refractivity contribution in [2.75, 3.05) is 13.2 Å². The van der Waals surface area contributed by atoms with Gasteiger partial charge >= 0.3 is 0 Å². The Morgan fingerprint density at radius 3 is 2.50 bits per heavy atom. The van der Waals surface area contributed by atoms with Crippen molar-refractivity contribution in [2.45, 2.75) is 40.3 Å². The number of nitrogens with one attached hydrogen (secondary N) is 1. The molecule has 0 fully saturated rings. The molecule has 30 heavy (non-hydrogen) atoms. The first-order chi connectivity index (χ1) is 14.2. The molecule has 0 aliphatic rings. The Balaban J connectivity index is 2.17. The zero-order valence-corrected chi connectivity index (χ0v) is 20.1. The van der Waals surface area contributed by atoms with Gasteiger partial charge in [0.1, 0.15) is 11.8 Å². The van der Waals surface area contributed by atoms with Gasteiger partial charge in [-0.1, -0.05) is 49.7 Å².